The number of hydrogen-bond donors (Lipinski definition) is 1. The summed E-state index contributed by atoms with van der Waals surface area (Å²) in [5, 5.41) is 11.0. The van der Waals surface area contributed by atoms with E-state index >= 15 is 0 Å². The number of carbonyl (C=O) groups is 1. The fourth-order valence-corrected chi connectivity index (χ4v) is 2.52. The molecule has 1 aromatic carbocycles. The number of amides is 1. The lowest BCUT2D eigenvalue weighted by atomic mass is 10.0. The van der Waals surface area contributed by atoms with Crippen LogP contribution in [0, 0.1) is 12.7 Å². The Labute approximate surface area is 139 Å². The van der Waals surface area contributed by atoms with Gasteiger partial charge >= 0.3 is 0 Å². The summed E-state index contributed by atoms with van der Waals surface area (Å²) in [7, 11) is 0. The van der Waals surface area contributed by atoms with E-state index < -0.39 is 6.10 Å². The Balaban J connectivity index is 1.42. The number of rotatable bonds is 6. The SMILES string of the molecule is Cc1ccnn1CCCNC(=O)C1CC(c2ccc(F)cc2)=NO1. The molecule has 1 N–H and O–H groups in total. The maximum Gasteiger partial charge on any atom is 0.264 e. The highest BCUT2D eigenvalue weighted by molar-refractivity contribution is 6.04. The highest BCUT2D eigenvalue weighted by atomic mass is 19.1. The molecule has 0 spiro atoms. The minimum absolute atomic E-state index is 0.187. The van der Waals surface area contributed by atoms with Gasteiger partial charge in [-0.05, 0) is 37.1 Å². The molecule has 6 nitrogen and oxygen atoms in total. The summed E-state index contributed by atoms with van der Waals surface area (Å²) in [6.07, 6.45) is 2.30. The van der Waals surface area contributed by atoms with Crippen molar-refractivity contribution in [1.29, 1.82) is 0 Å². The van der Waals surface area contributed by atoms with Gasteiger partial charge in [-0.1, -0.05) is 17.3 Å². The molecule has 0 aliphatic carbocycles. The molecule has 0 fully saturated rings. The number of nitrogens with one attached hydrogen (secondary N) is 1. The zero-order valence-electron chi connectivity index (χ0n) is 13.4. The lowest BCUT2D eigenvalue weighted by Gasteiger charge is -2.10. The molecule has 0 saturated heterocycles. The topological polar surface area (TPSA) is 68.5 Å². The fourth-order valence-electron chi connectivity index (χ4n) is 2.52. The van der Waals surface area contributed by atoms with Gasteiger partial charge in [0.1, 0.15) is 5.82 Å². The standard InChI is InChI=1S/C17H19FN4O2/c1-12-7-9-20-22(12)10-2-8-19-17(23)16-11-15(21-24-16)13-3-5-14(18)6-4-13/h3-7,9,16H,2,8,10-11H2,1H3,(H,19,23). The second-order valence-corrected chi connectivity index (χ2v) is 5.68. The first kappa shape index (κ1) is 16.2. The van der Waals surface area contributed by atoms with Crippen LogP contribution in [0.4, 0.5) is 4.39 Å². The molecule has 0 saturated carbocycles. The van der Waals surface area contributed by atoms with E-state index in [9.17, 15) is 9.18 Å². The third kappa shape index (κ3) is 3.79. The van der Waals surface area contributed by atoms with Gasteiger partial charge in [-0.2, -0.15) is 5.10 Å². The Hall–Kier alpha value is -2.70. The summed E-state index contributed by atoms with van der Waals surface area (Å²) in [6.45, 7) is 3.29. The molecule has 1 aliphatic heterocycles. The monoisotopic (exact) mass is 330 g/mol. The van der Waals surface area contributed by atoms with E-state index in [1.54, 1.807) is 18.3 Å². The van der Waals surface area contributed by atoms with Crippen LogP contribution in [0.15, 0.2) is 41.7 Å². The number of nitrogens with zero attached hydrogens (tertiary/aromatic N) is 3. The lowest BCUT2D eigenvalue weighted by molar-refractivity contribution is -0.131. The number of oxime groups is 1. The van der Waals surface area contributed by atoms with E-state index in [1.807, 2.05) is 17.7 Å². The molecule has 3 rings (SSSR count). The molecule has 24 heavy (non-hydrogen) atoms. The number of halogens is 1. The second-order valence-electron chi connectivity index (χ2n) is 5.68. The van der Waals surface area contributed by atoms with E-state index in [0.717, 1.165) is 24.2 Å². The van der Waals surface area contributed by atoms with Gasteiger partial charge in [0.05, 0.1) is 5.71 Å². The second kappa shape index (κ2) is 7.25. The molecule has 1 unspecified atom stereocenters. The average molecular weight is 330 g/mol. The van der Waals surface area contributed by atoms with Gasteiger partial charge in [-0.3, -0.25) is 9.48 Å². The molecule has 0 bridgehead atoms. The van der Waals surface area contributed by atoms with E-state index in [1.165, 1.54) is 12.1 Å². The van der Waals surface area contributed by atoms with Crippen LogP contribution < -0.4 is 5.32 Å². The van der Waals surface area contributed by atoms with Gasteiger partial charge in [-0.25, -0.2) is 4.39 Å². The minimum Gasteiger partial charge on any atom is -0.382 e. The quantitative estimate of drug-likeness (QED) is 0.824. The summed E-state index contributed by atoms with van der Waals surface area (Å²) in [6, 6.07) is 7.93. The van der Waals surface area contributed by atoms with E-state index in [4.69, 9.17) is 4.84 Å². The number of benzene rings is 1. The van der Waals surface area contributed by atoms with Gasteiger partial charge < -0.3 is 10.2 Å². The van der Waals surface area contributed by atoms with Crippen LogP contribution in [-0.4, -0.2) is 34.0 Å². The average Bonchev–Trinajstić information content (AvgIpc) is 3.22. The zero-order chi connectivity index (χ0) is 16.9. The zero-order valence-corrected chi connectivity index (χ0v) is 13.4. The molecule has 1 amide bonds. The maximum atomic E-state index is 12.9. The Kier molecular flexibility index (Phi) is 4.88. The van der Waals surface area contributed by atoms with Crippen LogP contribution in [0.3, 0.4) is 0 Å². The summed E-state index contributed by atoms with van der Waals surface area (Å²) in [4.78, 5) is 17.3. The van der Waals surface area contributed by atoms with E-state index in [0.29, 0.717) is 18.7 Å². The predicted molar refractivity (Wildman–Crippen MR) is 87.0 cm³/mol. The minimum atomic E-state index is -0.628. The summed E-state index contributed by atoms with van der Waals surface area (Å²) in [5.41, 5.74) is 2.51. The Morgan fingerprint density at radius 3 is 2.88 bits per heavy atom. The first-order valence-corrected chi connectivity index (χ1v) is 7.88. The van der Waals surface area contributed by atoms with Gasteiger partial charge in [0, 0.05) is 31.4 Å². The maximum absolute atomic E-state index is 12.9. The van der Waals surface area contributed by atoms with Crippen molar-refractivity contribution in [2.24, 2.45) is 5.16 Å². The molecule has 1 aromatic heterocycles. The van der Waals surface area contributed by atoms with Crippen LogP contribution in [0.25, 0.3) is 0 Å². The van der Waals surface area contributed by atoms with Crippen molar-refractivity contribution < 1.29 is 14.0 Å². The number of aromatic nitrogens is 2. The summed E-state index contributed by atoms with van der Waals surface area (Å²) < 4.78 is 14.8. The molecule has 1 aliphatic rings. The van der Waals surface area contributed by atoms with Gasteiger partial charge in [0.25, 0.3) is 5.91 Å². The third-order valence-electron chi connectivity index (χ3n) is 3.91. The number of carbonyl (C=O) groups excluding carboxylic acids is 1. The van der Waals surface area contributed by atoms with Gasteiger partial charge in [-0.15, -0.1) is 0 Å². The molecule has 2 aromatic rings. The Morgan fingerprint density at radius 2 is 2.17 bits per heavy atom. The van der Waals surface area contributed by atoms with Gasteiger partial charge in [0.15, 0.2) is 0 Å². The van der Waals surface area contributed by atoms with Crippen molar-refractivity contribution in [2.45, 2.75) is 32.4 Å². The Morgan fingerprint density at radius 1 is 1.38 bits per heavy atom. The van der Waals surface area contributed by atoms with Crippen molar-refractivity contribution in [3.8, 4) is 0 Å². The van der Waals surface area contributed by atoms with Crippen LogP contribution in [0.5, 0.6) is 0 Å². The Bertz CT molecular complexity index is 739. The first-order chi connectivity index (χ1) is 11.6. The van der Waals surface area contributed by atoms with E-state index in [2.05, 4.69) is 15.6 Å². The summed E-state index contributed by atoms with van der Waals surface area (Å²) in [5.74, 6) is -0.493. The molecule has 7 heteroatoms. The van der Waals surface area contributed by atoms with Crippen LogP contribution >= 0.6 is 0 Å². The molecule has 0 radical (unpaired) electrons. The van der Waals surface area contributed by atoms with E-state index in [-0.39, 0.29) is 11.7 Å². The predicted octanol–water partition coefficient (Wildman–Crippen LogP) is 2.03. The highest BCUT2D eigenvalue weighted by Crippen LogP contribution is 2.17. The fraction of sp³-hybridized carbons (Fsp3) is 0.353. The third-order valence-corrected chi connectivity index (χ3v) is 3.91. The van der Waals surface area contributed by atoms with Crippen molar-refractivity contribution >= 4 is 11.6 Å². The van der Waals surface area contributed by atoms with Crippen LogP contribution in [0.1, 0.15) is 24.1 Å². The molecule has 126 valence electrons. The molecular weight excluding hydrogens is 311 g/mol. The molecular formula is C17H19FN4O2. The normalized spacial score (nSPS) is 16.6. The highest BCUT2D eigenvalue weighted by Gasteiger charge is 2.28. The van der Waals surface area contributed by atoms with Crippen molar-refractivity contribution in [3.63, 3.8) is 0 Å². The largest absolute Gasteiger partial charge is 0.382 e. The molecule has 2 heterocycles. The van der Waals surface area contributed by atoms with Crippen LogP contribution in [-0.2, 0) is 16.2 Å². The lowest BCUT2D eigenvalue weighted by Crippen LogP contribution is -2.35. The van der Waals surface area contributed by atoms with Crippen molar-refractivity contribution in [1.82, 2.24) is 15.1 Å². The van der Waals surface area contributed by atoms with Crippen molar-refractivity contribution in [2.75, 3.05) is 6.54 Å². The van der Waals surface area contributed by atoms with Crippen LogP contribution in [0.2, 0.25) is 0 Å². The first-order valence-electron chi connectivity index (χ1n) is 7.88. The smallest absolute Gasteiger partial charge is 0.264 e. The molecule has 1 atom stereocenters. The number of hydrogen-bond acceptors (Lipinski definition) is 4. The van der Waals surface area contributed by atoms with Gasteiger partial charge in [0.2, 0.25) is 6.10 Å². The van der Waals surface area contributed by atoms with Crippen molar-refractivity contribution in [3.05, 3.63) is 53.6 Å². The number of aryl methyl sites for hydroxylation is 2. The summed E-state index contributed by atoms with van der Waals surface area (Å²) >= 11 is 0.